The molecule has 1 nitrogen and oxygen atoms in total. The lowest BCUT2D eigenvalue weighted by Crippen LogP contribution is -2.30. The quantitative estimate of drug-likeness (QED) is 0.686. The summed E-state index contributed by atoms with van der Waals surface area (Å²) in [5, 5.41) is 0. The summed E-state index contributed by atoms with van der Waals surface area (Å²) < 4.78 is 37.9. The van der Waals surface area contributed by atoms with Crippen molar-refractivity contribution in [3.05, 3.63) is 35.4 Å². The largest absolute Gasteiger partial charge is 0.391 e. The Labute approximate surface area is 123 Å². The first-order chi connectivity index (χ1) is 9.79. The van der Waals surface area contributed by atoms with Crippen LogP contribution in [0.2, 0.25) is 0 Å². The van der Waals surface area contributed by atoms with Crippen LogP contribution in [0.25, 0.3) is 0 Å². The van der Waals surface area contributed by atoms with E-state index in [1.165, 1.54) is 0 Å². The van der Waals surface area contributed by atoms with Gasteiger partial charge in [-0.25, -0.2) is 0 Å². The average Bonchev–Trinajstić information content (AvgIpc) is 2.46. The van der Waals surface area contributed by atoms with E-state index in [4.69, 9.17) is 0 Å². The number of benzene rings is 1. The zero-order valence-electron chi connectivity index (χ0n) is 12.4. The van der Waals surface area contributed by atoms with E-state index in [2.05, 4.69) is 13.8 Å². The third-order valence-electron chi connectivity index (χ3n) is 4.42. The maximum absolute atomic E-state index is 12.6. The van der Waals surface area contributed by atoms with Gasteiger partial charge in [0, 0.05) is 11.5 Å². The molecule has 1 aliphatic rings. The van der Waals surface area contributed by atoms with E-state index in [9.17, 15) is 18.0 Å². The van der Waals surface area contributed by atoms with Gasteiger partial charge in [0.25, 0.3) is 0 Å². The van der Waals surface area contributed by atoms with Crippen LogP contribution in [-0.4, -0.2) is 12.0 Å². The van der Waals surface area contributed by atoms with Crippen molar-refractivity contribution in [1.29, 1.82) is 0 Å². The van der Waals surface area contributed by atoms with Gasteiger partial charge in [0.15, 0.2) is 5.78 Å². The van der Waals surface area contributed by atoms with Crippen molar-refractivity contribution >= 4 is 5.78 Å². The monoisotopic (exact) mass is 298 g/mol. The Balaban J connectivity index is 1.99. The highest BCUT2D eigenvalue weighted by Crippen LogP contribution is 2.40. The molecule has 0 atom stereocenters. The Morgan fingerprint density at radius 2 is 1.57 bits per heavy atom. The molecule has 0 amide bonds. The summed E-state index contributed by atoms with van der Waals surface area (Å²) in [7, 11) is 0. The Morgan fingerprint density at radius 3 is 2.00 bits per heavy atom. The smallest absolute Gasteiger partial charge is 0.294 e. The fraction of sp³-hybridized carbons (Fsp3) is 0.588. The van der Waals surface area contributed by atoms with Crippen molar-refractivity contribution in [3.63, 3.8) is 0 Å². The van der Waals surface area contributed by atoms with Crippen LogP contribution < -0.4 is 0 Å². The Kier molecular flexibility index (Phi) is 4.74. The second-order valence-corrected chi connectivity index (χ2v) is 6.23. The Hall–Kier alpha value is -1.32. The number of carbonyl (C=O) groups is 1. The summed E-state index contributed by atoms with van der Waals surface area (Å²) in [6, 6.07) is 7.46. The fourth-order valence-electron chi connectivity index (χ4n) is 2.95. The third kappa shape index (κ3) is 3.86. The van der Waals surface area contributed by atoms with Gasteiger partial charge in [-0.1, -0.05) is 38.1 Å². The van der Waals surface area contributed by atoms with Crippen molar-refractivity contribution in [2.24, 2.45) is 11.8 Å². The Bertz CT molecular complexity index is 480. The van der Waals surface area contributed by atoms with E-state index >= 15 is 0 Å². The molecule has 2 rings (SSSR count). The van der Waals surface area contributed by atoms with Crippen molar-refractivity contribution < 1.29 is 18.0 Å². The molecule has 0 radical (unpaired) electrons. The minimum absolute atomic E-state index is 0.00840. The first kappa shape index (κ1) is 16.1. The lowest BCUT2D eigenvalue weighted by atomic mass is 9.78. The summed E-state index contributed by atoms with van der Waals surface area (Å²) in [4.78, 5) is 12.4. The van der Waals surface area contributed by atoms with Gasteiger partial charge in [-0.05, 0) is 37.2 Å². The second kappa shape index (κ2) is 6.20. The molecule has 4 heteroatoms. The predicted molar refractivity (Wildman–Crippen MR) is 76.4 cm³/mol. The molecule has 0 heterocycles. The number of hydrogen-bond donors (Lipinski definition) is 0. The average molecular weight is 298 g/mol. The van der Waals surface area contributed by atoms with Gasteiger partial charge in [-0.2, -0.15) is 13.2 Å². The van der Waals surface area contributed by atoms with Gasteiger partial charge in [0.1, 0.15) is 0 Å². The summed E-state index contributed by atoms with van der Waals surface area (Å²) in [5.74, 6) is -1.10. The van der Waals surface area contributed by atoms with Crippen LogP contribution in [0.1, 0.15) is 61.4 Å². The normalized spacial score (nSPS) is 23.3. The summed E-state index contributed by atoms with van der Waals surface area (Å²) in [6.07, 6.45) is -3.29. The van der Waals surface area contributed by atoms with E-state index < -0.39 is 12.1 Å². The third-order valence-corrected chi connectivity index (χ3v) is 4.42. The molecule has 1 saturated carbocycles. The highest BCUT2D eigenvalue weighted by atomic mass is 19.4. The van der Waals surface area contributed by atoms with Crippen LogP contribution >= 0.6 is 0 Å². The van der Waals surface area contributed by atoms with Gasteiger partial charge in [0.2, 0.25) is 0 Å². The standard InChI is InChI=1S/C17H21F3O/c1-11(2)12-3-5-13(6-4-12)16(21)14-7-9-15(10-8-14)17(18,19)20/h3-6,11,14-15H,7-10H2,1-2H3. The first-order valence-corrected chi connectivity index (χ1v) is 7.50. The molecule has 1 aromatic rings. The number of carbonyl (C=O) groups excluding carboxylic acids is 1. The summed E-state index contributed by atoms with van der Waals surface area (Å²) >= 11 is 0. The maximum atomic E-state index is 12.6. The van der Waals surface area contributed by atoms with Crippen molar-refractivity contribution in [2.45, 2.75) is 51.6 Å². The van der Waals surface area contributed by atoms with Crippen LogP contribution in [0.15, 0.2) is 24.3 Å². The van der Waals surface area contributed by atoms with Crippen molar-refractivity contribution in [1.82, 2.24) is 0 Å². The molecule has 0 aliphatic heterocycles. The lowest BCUT2D eigenvalue weighted by Gasteiger charge is -2.29. The fourth-order valence-corrected chi connectivity index (χ4v) is 2.95. The SMILES string of the molecule is CC(C)c1ccc(C(=O)C2CCC(C(F)(F)F)CC2)cc1. The van der Waals surface area contributed by atoms with Gasteiger partial charge in [0.05, 0.1) is 5.92 Å². The van der Waals surface area contributed by atoms with Gasteiger partial charge in [-0.3, -0.25) is 4.79 Å². The number of ketones is 1. The molecule has 1 aromatic carbocycles. The zero-order chi connectivity index (χ0) is 15.6. The minimum Gasteiger partial charge on any atom is -0.294 e. The van der Waals surface area contributed by atoms with E-state index in [0.717, 1.165) is 5.56 Å². The van der Waals surface area contributed by atoms with E-state index in [1.54, 1.807) is 12.1 Å². The van der Waals surface area contributed by atoms with E-state index in [1.807, 2.05) is 12.1 Å². The summed E-state index contributed by atoms with van der Waals surface area (Å²) in [6.45, 7) is 4.16. The van der Waals surface area contributed by atoms with Crippen molar-refractivity contribution in [3.8, 4) is 0 Å². The number of hydrogen-bond acceptors (Lipinski definition) is 1. The number of Topliss-reactive ketones (excluding diaryl/α,β-unsaturated/α-hetero) is 1. The Morgan fingerprint density at radius 1 is 1.05 bits per heavy atom. The molecule has 0 spiro atoms. The first-order valence-electron chi connectivity index (χ1n) is 7.50. The van der Waals surface area contributed by atoms with E-state index in [-0.39, 0.29) is 24.5 Å². The second-order valence-electron chi connectivity index (χ2n) is 6.23. The lowest BCUT2D eigenvalue weighted by molar-refractivity contribution is -0.183. The van der Waals surface area contributed by atoms with Crippen LogP contribution in [0.3, 0.4) is 0 Å². The zero-order valence-corrected chi connectivity index (χ0v) is 12.4. The molecular formula is C17H21F3O. The van der Waals surface area contributed by atoms with Crippen molar-refractivity contribution in [2.75, 3.05) is 0 Å². The molecule has 0 bridgehead atoms. The minimum atomic E-state index is -4.12. The molecule has 21 heavy (non-hydrogen) atoms. The van der Waals surface area contributed by atoms with Crippen LogP contribution in [0.5, 0.6) is 0 Å². The molecule has 116 valence electrons. The molecular weight excluding hydrogens is 277 g/mol. The highest BCUT2D eigenvalue weighted by molar-refractivity contribution is 5.97. The van der Waals surface area contributed by atoms with Crippen LogP contribution in [0, 0.1) is 11.8 Å². The predicted octanol–water partition coefficient (Wildman–Crippen LogP) is 5.36. The molecule has 0 saturated heterocycles. The maximum Gasteiger partial charge on any atom is 0.391 e. The topological polar surface area (TPSA) is 17.1 Å². The highest BCUT2D eigenvalue weighted by Gasteiger charge is 2.42. The van der Waals surface area contributed by atoms with Crippen LogP contribution in [0.4, 0.5) is 13.2 Å². The molecule has 0 unspecified atom stereocenters. The van der Waals surface area contributed by atoms with Gasteiger partial charge in [-0.15, -0.1) is 0 Å². The number of rotatable bonds is 3. The van der Waals surface area contributed by atoms with Gasteiger partial charge < -0.3 is 0 Å². The number of alkyl halides is 3. The van der Waals surface area contributed by atoms with E-state index in [0.29, 0.717) is 24.3 Å². The summed E-state index contributed by atoms with van der Waals surface area (Å²) in [5.41, 5.74) is 1.78. The molecule has 0 aromatic heterocycles. The molecule has 1 fully saturated rings. The van der Waals surface area contributed by atoms with Crippen LogP contribution in [-0.2, 0) is 0 Å². The van der Waals surface area contributed by atoms with Gasteiger partial charge >= 0.3 is 6.18 Å². The number of halogens is 3. The molecule has 1 aliphatic carbocycles. The molecule has 0 N–H and O–H groups in total.